The van der Waals surface area contributed by atoms with Crippen molar-refractivity contribution >= 4 is 5.69 Å². The summed E-state index contributed by atoms with van der Waals surface area (Å²) in [7, 11) is 0. The number of benzene rings is 2. The maximum absolute atomic E-state index is 13.6. The SMILES string of the molecule is Cc1ccc(-c2noc(-c3cccc(N)c3C)n2)cc1F. The fourth-order valence-electron chi connectivity index (χ4n) is 2.07. The largest absolute Gasteiger partial charge is 0.398 e. The van der Waals surface area contributed by atoms with Crippen LogP contribution in [0.15, 0.2) is 40.9 Å². The number of hydrogen-bond donors (Lipinski definition) is 1. The molecule has 21 heavy (non-hydrogen) atoms. The number of aryl methyl sites for hydroxylation is 1. The molecular formula is C16H14FN3O. The van der Waals surface area contributed by atoms with Crippen LogP contribution in [0.1, 0.15) is 11.1 Å². The first kappa shape index (κ1) is 13.3. The molecule has 4 nitrogen and oxygen atoms in total. The standard InChI is InChI=1S/C16H14FN3O/c1-9-6-7-11(8-13(9)17)15-19-16(21-20-15)12-4-3-5-14(18)10(12)2/h3-8H,18H2,1-2H3. The van der Waals surface area contributed by atoms with Crippen LogP contribution in [0.4, 0.5) is 10.1 Å². The summed E-state index contributed by atoms with van der Waals surface area (Å²) in [5, 5.41) is 3.91. The lowest BCUT2D eigenvalue weighted by Crippen LogP contribution is -1.92. The van der Waals surface area contributed by atoms with Crippen LogP contribution in [-0.4, -0.2) is 10.1 Å². The third kappa shape index (κ3) is 2.38. The van der Waals surface area contributed by atoms with E-state index in [1.807, 2.05) is 25.1 Å². The molecule has 5 heteroatoms. The number of hydrogen-bond acceptors (Lipinski definition) is 4. The average molecular weight is 283 g/mol. The van der Waals surface area contributed by atoms with Gasteiger partial charge in [0, 0.05) is 16.8 Å². The van der Waals surface area contributed by atoms with E-state index >= 15 is 0 Å². The van der Waals surface area contributed by atoms with Crippen LogP contribution in [0.25, 0.3) is 22.8 Å². The lowest BCUT2D eigenvalue weighted by atomic mass is 10.1. The highest BCUT2D eigenvalue weighted by Gasteiger charge is 2.14. The fraction of sp³-hybridized carbons (Fsp3) is 0.125. The van der Waals surface area contributed by atoms with Crippen molar-refractivity contribution in [3.63, 3.8) is 0 Å². The van der Waals surface area contributed by atoms with Gasteiger partial charge in [-0.25, -0.2) is 4.39 Å². The van der Waals surface area contributed by atoms with Crippen molar-refractivity contribution in [1.82, 2.24) is 10.1 Å². The van der Waals surface area contributed by atoms with Gasteiger partial charge in [-0.15, -0.1) is 0 Å². The first-order valence-corrected chi connectivity index (χ1v) is 6.52. The summed E-state index contributed by atoms with van der Waals surface area (Å²) in [6.07, 6.45) is 0. The third-order valence-electron chi connectivity index (χ3n) is 3.46. The second-order valence-electron chi connectivity index (χ2n) is 4.91. The molecular weight excluding hydrogens is 269 g/mol. The topological polar surface area (TPSA) is 64.9 Å². The van der Waals surface area contributed by atoms with E-state index in [9.17, 15) is 4.39 Å². The van der Waals surface area contributed by atoms with Crippen molar-refractivity contribution in [2.75, 3.05) is 5.73 Å². The van der Waals surface area contributed by atoms with Crippen LogP contribution in [0, 0.1) is 19.7 Å². The number of nitrogens with two attached hydrogens (primary N) is 1. The minimum absolute atomic E-state index is 0.293. The minimum atomic E-state index is -0.293. The molecule has 1 aromatic heterocycles. The zero-order valence-corrected chi connectivity index (χ0v) is 11.7. The highest BCUT2D eigenvalue weighted by atomic mass is 19.1. The van der Waals surface area contributed by atoms with E-state index in [0.29, 0.717) is 28.5 Å². The Morgan fingerprint density at radius 1 is 1.14 bits per heavy atom. The molecule has 3 aromatic rings. The number of rotatable bonds is 2. The zero-order chi connectivity index (χ0) is 15.0. The van der Waals surface area contributed by atoms with Gasteiger partial charge in [0.1, 0.15) is 5.82 Å². The van der Waals surface area contributed by atoms with Crippen molar-refractivity contribution in [2.24, 2.45) is 0 Å². The normalized spacial score (nSPS) is 10.8. The molecule has 3 rings (SSSR count). The van der Waals surface area contributed by atoms with Crippen molar-refractivity contribution in [2.45, 2.75) is 13.8 Å². The molecule has 0 radical (unpaired) electrons. The molecule has 0 amide bonds. The molecule has 0 saturated carbocycles. The van der Waals surface area contributed by atoms with Crippen LogP contribution in [-0.2, 0) is 0 Å². The second-order valence-corrected chi connectivity index (χ2v) is 4.91. The summed E-state index contributed by atoms with van der Waals surface area (Å²) in [5.74, 6) is 0.431. The van der Waals surface area contributed by atoms with Crippen molar-refractivity contribution < 1.29 is 8.91 Å². The Morgan fingerprint density at radius 2 is 1.95 bits per heavy atom. The van der Waals surface area contributed by atoms with E-state index in [4.69, 9.17) is 10.3 Å². The van der Waals surface area contributed by atoms with Crippen molar-refractivity contribution in [3.8, 4) is 22.8 Å². The Bertz CT molecular complexity index is 811. The maximum Gasteiger partial charge on any atom is 0.258 e. The molecule has 1 heterocycles. The van der Waals surface area contributed by atoms with E-state index in [-0.39, 0.29) is 5.82 Å². The van der Waals surface area contributed by atoms with Crippen LogP contribution in [0.2, 0.25) is 0 Å². The molecule has 0 spiro atoms. The molecule has 0 unspecified atom stereocenters. The third-order valence-corrected chi connectivity index (χ3v) is 3.46. The summed E-state index contributed by atoms with van der Waals surface area (Å²) in [6, 6.07) is 10.3. The highest BCUT2D eigenvalue weighted by Crippen LogP contribution is 2.28. The first-order chi connectivity index (χ1) is 10.1. The predicted octanol–water partition coefficient (Wildman–Crippen LogP) is 3.74. The quantitative estimate of drug-likeness (QED) is 0.727. The Labute approximate surface area is 121 Å². The summed E-state index contributed by atoms with van der Waals surface area (Å²) in [6.45, 7) is 3.59. The Kier molecular flexibility index (Phi) is 3.17. The summed E-state index contributed by atoms with van der Waals surface area (Å²) >= 11 is 0. The number of nitrogen functional groups attached to an aromatic ring is 1. The predicted molar refractivity (Wildman–Crippen MR) is 79.0 cm³/mol. The molecule has 106 valence electrons. The number of anilines is 1. The van der Waals surface area contributed by atoms with Gasteiger partial charge in [0.15, 0.2) is 0 Å². The summed E-state index contributed by atoms with van der Waals surface area (Å²) in [5.41, 5.74) is 9.35. The molecule has 0 fully saturated rings. The number of halogens is 1. The fourth-order valence-corrected chi connectivity index (χ4v) is 2.07. The maximum atomic E-state index is 13.6. The molecule has 0 bridgehead atoms. The molecule has 0 atom stereocenters. The van der Waals surface area contributed by atoms with Crippen LogP contribution >= 0.6 is 0 Å². The molecule has 0 saturated heterocycles. The number of aromatic nitrogens is 2. The first-order valence-electron chi connectivity index (χ1n) is 6.52. The van der Waals surface area contributed by atoms with E-state index in [1.54, 1.807) is 19.1 Å². The highest BCUT2D eigenvalue weighted by molar-refractivity contribution is 5.68. The second kappa shape index (κ2) is 5.01. The Balaban J connectivity index is 2.03. The van der Waals surface area contributed by atoms with E-state index in [2.05, 4.69) is 10.1 Å². The zero-order valence-electron chi connectivity index (χ0n) is 11.7. The lowest BCUT2D eigenvalue weighted by molar-refractivity contribution is 0.432. The lowest BCUT2D eigenvalue weighted by Gasteiger charge is -2.03. The molecule has 0 aliphatic carbocycles. The smallest absolute Gasteiger partial charge is 0.258 e. The summed E-state index contributed by atoms with van der Waals surface area (Å²) in [4.78, 5) is 4.32. The van der Waals surface area contributed by atoms with Crippen LogP contribution in [0.5, 0.6) is 0 Å². The van der Waals surface area contributed by atoms with Gasteiger partial charge in [-0.1, -0.05) is 23.4 Å². The van der Waals surface area contributed by atoms with Crippen LogP contribution in [0.3, 0.4) is 0 Å². The Morgan fingerprint density at radius 3 is 2.71 bits per heavy atom. The van der Waals surface area contributed by atoms with Gasteiger partial charge in [-0.2, -0.15) is 4.98 Å². The van der Waals surface area contributed by atoms with Crippen LogP contribution < -0.4 is 5.73 Å². The van der Waals surface area contributed by atoms with Gasteiger partial charge < -0.3 is 10.3 Å². The number of nitrogens with zero attached hydrogens (tertiary/aromatic N) is 2. The van der Waals surface area contributed by atoms with Gasteiger partial charge in [0.25, 0.3) is 5.89 Å². The van der Waals surface area contributed by atoms with E-state index in [1.165, 1.54) is 6.07 Å². The van der Waals surface area contributed by atoms with Crippen molar-refractivity contribution in [3.05, 3.63) is 53.3 Å². The molecule has 0 aliphatic rings. The van der Waals surface area contributed by atoms with Gasteiger partial charge in [0.2, 0.25) is 5.82 Å². The van der Waals surface area contributed by atoms with Gasteiger partial charge in [-0.05, 0) is 43.2 Å². The van der Waals surface area contributed by atoms with Gasteiger partial charge in [0.05, 0.1) is 0 Å². The van der Waals surface area contributed by atoms with E-state index in [0.717, 1.165) is 11.1 Å². The summed E-state index contributed by atoms with van der Waals surface area (Å²) < 4.78 is 18.9. The Hall–Kier alpha value is -2.69. The molecule has 2 aromatic carbocycles. The minimum Gasteiger partial charge on any atom is -0.398 e. The van der Waals surface area contributed by atoms with Gasteiger partial charge >= 0.3 is 0 Å². The van der Waals surface area contributed by atoms with Crippen molar-refractivity contribution in [1.29, 1.82) is 0 Å². The molecule has 2 N–H and O–H groups in total. The average Bonchev–Trinajstić information content (AvgIpc) is 2.94. The molecule has 0 aliphatic heterocycles. The monoisotopic (exact) mass is 283 g/mol. The van der Waals surface area contributed by atoms with E-state index < -0.39 is 0 Å². The van der Waals surface area contributed by atoms with Gasteiger partial charge in [-0.3, -0.25) is 0 Å².